The zero-order chi connectivity index (χ0) is 97.4. The summed E-state index contributed by atoms with van der Waals surface area (Å²) >= 11 is 0. The minimum absolute atomic E-state index is 0.0990. The fourth-order valence-electron chi connectivity index (χ4n) is 25.7. The van der Waals surface area contributed by atoms with Gasteiger partial charge in [-0.25, -0.2) is 0 Å². The van der Waals surface area contributed by atoms with Gasteiger partial charge >= 0.3 is 0 Å². The predicted molar refractivity (Wildman–Crippen MR) is 615 cm³/mol. The molecule has 4 aliphatic rings. The zero-order valence-corrected chi connectivity index (χ0v) is 81.9. The molecule has 2 heteroatoms. The molecule has 24 aromatic carbocycles. The van der Waals surface area contributed by atoms with Crippen LogP contribution in [0, 0.1) is 0 Å². The summed E-state index contributed by atoms with van der Waals surface area (Å²) < 4.78 is 0. The summed E-state index contributed by atoms with van der Waals surface area (Å²) in [7, 11) is 0. The Morgan fingerprint density at radius 2 is 0.329 bits per heavy atom. The lowest BCUT2D eigenvalue weighted by molar-refractivity contribution is 0.660. The Hall–Kier alpha value is -18.1. The van der Waals surface area contributed by atoms with Crippen LogP contribution in [0.25, 0.3) is 154 Å². The molecule has 4 aliphatic carbocycles. The van der Waals surface area contributed by atoms with Crippen molar-refractivity contribution in [3.63, 3.8) is 0 Å². The van der Waals surface area contributed by atoms with Crippen LogP contribution in [0.4, 0.5) is 34.1 Å². The van der Waals surface area contributed by atoms with Crippen LogP contribution >= 0.6 is 0 Å². The first-order chi connectivity index (χ1) is 72.0. The van der Waals surface area contributed by atoms with Gasteiger partial charge in [-0.1, -0.05) is 464 Å². The van der Waals surface area contributed by atoms with E-state index in [9.17, 15) is 0 Å². The maximum absolute atomic E-state index is 2.54. The second-order valence-corrected chi connectivity index (χ2v) is 40.7. The van der Waals surface area contributed by atoms with Crippen LogP contribution in [0.5, 0.6) is 0 Å². The molecular weight excluding hydrogens is 1760 g/mol. The van der Waals surface area contributed by atoms with Crippen LogP contribution in [0.1, 0.15) is 94.5 Å². The minimum Gasteiger partial charge on any atom is -0.311 e. The highest BCUT2D eigenvalue weighted by atomic mass is 15.1. The highest BCUT2D eigenvalue weighted by Gasteiger charge is 2.49. The summed E-state index contributed by atoms with van der Waals surface area (Å²) in [6.45, 7) is 9.52. The summed E-state index contributed by atoms with van der Waals surface area (Å²) in [5.74, 6) is 0. The summed E-state index contributed by atoms with van der Waals surface area (Å²) in [6.07, 6.45) is 0. The van der Waals surface area contributed by atoms with E-state index in [-0.39, 0.29) is 10.8 Å². The van der Waals surface area contributed by atoms with E-state index < -0.39 is 10.8 Å². The Bertz CT molecular complexity index is 9080. The third kappa shape index (κ3) is 13.8. The Morgan fingerprint density at radius 1 is 0.130 bits per heavy atom. The van der Waals surface area contributed by atoms with Crippen molar-refractivity contribution in [3.8, 4) is 111 Å². The second-order valence-electron chi connectivity index (χ2n) is 40.7. The number of nitrogens with zero attached hydrogens (tertiary/aromatic N) is 2. The molecule has 0 spiro atoms. The molecule has 0 atom stereocenters. The second kappa shape index (κ2) is 35.0. The molecule has 146 heavy (non-hydrogen) atoms. The molecule has 0 radical (unpaired) electrons. The smallest absolute Gasteiger partial charge is 0.0713 e. The van der Waals surface area contributed by atoms with Crippen molar-refractivity contribution in [1.82, 2.24) is 0 Å². The molecule has 28 rings (SSSR count). The summed E-state index contributed by atoms with van der Waals surface area (Å²) in [5.41, 5.74) is 46.3. The lowest BCUT2D eigenvalue weighted by Gasteiger charge is -2.34. The lowest BCUT2D eigenvalue weighted by Crippen LogP contribution is -2.28. The normalized spacial score (nSPS) is 13.6. The van der Waals surface area contributed by atoms with Gasteiger partial charge in [0.1, 0.15) is 0 Å². The van der Waals surface area contributed by atoms with E-state index in [1.54, 1.807) is 0 Å². The number of para-hydroxylation sites is 4. The third-order valence-electron chi connectivity index (χ3n) is 32.3. The molecule has 0 unspecified atom stereocenters. The van der Waals surface area contributed by atoms with E-state index in [0.29, 0.717) is 0 Å². The van der Waals surface area contributed by atoms with Crippen molar-refractivity contribution in [1.29, 1.82) is 0 Å². The van der Waals surface area contributed by atoms with Gasteiger partial charge in [-0.2, -0.15) is 0 Å². The van der Waals surface area contributed by atoms with Gasteiger partial charge in [0.2, 0.25) is 0 Å². The van der Waals surface area contributed by atoms with Crippen molar-refractivity contribution in [2.45, 2.75) is 49.4 Å². The number of rotatable bonds is 16. The first-order valence-electron chi connectivity index (χ1n) is 51.2. The van der Waals surface area contributed by atoms with Gasteiger partial charge in [0.05, 0.1) is 10.8 Å². The van der Waals surface area contributed by atoms with Crippen LogP contribution in [0.3, 0.4) is 0 Å². The maximum Gasteiger partial charge on any atom is 0.0713 e. The summed E-state index contributed by atoms with van der Waals surface area (Å²) in [4.78, 5) is 4.65. The maximum atomic E-state index is 2.54. The molecule has 2 nitrogen and oxygen atoms in total. The molecule has 0 amide bonds. The van der Waals surface area contributed by atoms with Crippen LogP contribution < -0.4 is 9.80 Å². The van der Waals surface area contributed by atoms with Gasteiger partial charge in [-0.15, -0.1) is 0 Å². The van der Waals surface area contributed by atoms with E-state index >= 15 is 0 Å². The monoisotopic (exact) mass is 1860 g/mol. The predicted octanol–water partition coefficient (Wildman–Crippen LogP) is 38.3. The molecule has 0 N–H and O–H groups in total. The Balaban J connectivity index is 0.000000150. The van der Waals surface area contributed by atoms with Crippen molar-refractivity contribution in [3.05, 3.63) is 613 Å². The molecule has 24 aromatic rings. The average molecular weight is 1860 g/mol. The Labute approximate surface area is 854 Å². The summed E-state index contributed by atoms with van der Waals surface area (Å²) in [6, 6.07) is 203. The largest absolute Gasteiger partial charge is 0.311 e. The van der Waals surface area contributed by atoms with Gasteiger partial charge in [0, 0.05) is 45.0 Å². The number of fused-ring (bicyclic) bond motifs is 16. The lowest BCUT2D eigenvalue weighted by atomic mass is 9.67. The SMILES string of the molecule is CC1(C)c2ccccc2-c2ccc(-c3c4ccccc4c(-c4ccc5c(c4)C(C)(C)c4ccccc4-5)c4cc(-c5ccc(N(c6ccccc6)c6ccccc6)cc5)ccc34)cc21.c1ccc(N(c2ccccc2)c2ccc(-c3ccc4c(-c5ccc6c(c5)C(c5ccccc5)(c5ccccc5)c5ccccc5-6)c5ccccc5c(-c5ccc6c(c5)C(c5ccccc5)(c5ccccc5)c5ccccc5-6)c4c3)cc2)cc1. The van der Waals surface area contributed by atoms with E-state index in [1.807, 2.05) is 0 Å². The highest BCUT2D eigenvalue weighted by molar-refractivity contribution is 6.24. The number of anilines is 6. The van der Waals surface area contributed by atoms with Gasteiger partial charge in [-0.05, 0) is 330 Å². The van der Waals surface area contributed by atoms with Crippen LogP contribution in [-0.4, -0.2) is 0 Å². The van der Waals surface area contributed by atoms with E-state index in [4.69, 9.17) is 0 Å². The van der Waals surface area contributed by atoms with Crippen molar-refractivity contribution in [2.75, 3.05) is 9.80 Å². The molecule has 688 valence electrons. The van der Waals surface area contributed by atoms with E-state index in [0.717, 1.165) is 45.3 Å². The zero-order valence-electron chi connectivity index (χ0n) is 81.9. The quantitative estimate of drug-likeness (QED) is 0.0890. The number of hydrogen-bond donors (Lipinski definition) is 0. The molecule has 0 saturated carbocycles. The van der Waals surface area contributed by atoms with Gasteiger partial charge in [-0.3, -0.25) is 0 Å². The highest BCUT2D eigenvalue weighted by Crippen LogP contribution is 2.62. The third-order valence-corrected chi connectivity index (χ3v) is 32.3. The van der Waals surface area contributed by atoms with Crippen LogP contribution in [0.15, 0.2) is 546 Å². The first kappa shape index (κ1) is 87.0. The van der Waals surface area contributed by atoms with Gasteiger partial charge < -0.3 is 9.80 Å². The van der Waals surface area contributed by atoms with Crippen molar-refractivity contribution < 1.29 is 0 Å². The number of hydrogen-bond acceptors (Lipinski definition) is 2. The standard InChI is InChI=1S/C82H55N.C62H47N/c1-7-25-60(26-8-1)81(61-27-9-2-10-28-61)75-41-23-21-37-67(75)69-50-46-58(54-77(69)81)79-71-39-19-20-40-72(71)80(59-47-51-70-68-38-22-24-42-76(68)82(78(70)55-59,62-29-11-3-12-30-62)63-31-13-4-14-32-63)74-53-57(45-52-73(74)79)56-43-48-66(49-44-56)83(64-33-15-5-16-34-64)65-35-17-6-18-36-65;1-61(2)55-25-15-13-21-47(55)49-34-30-42(38-57(49)61)59-51-23-11-12-24-52(51)60(43-31-35-50-48-22-14-16-26-56(48)62(3,4)58(50)39-43)54-37-41(29-36-53(54)59)40-27-32-46(33-28-40)63(44-17-7-5-8-18-44)45-19-9-6-10-20-45/h1-55H;5-39H,1-4H3. The average Bonchev–Trinajstić information content (AvgIpc) is 1.48. The molecule has 0 bridgehead atoms. The summed E-state index contributed by atoms with van der Waals surface area (Å²) in [5, 5.41) is 9.91. The van der Waals surface area contributed by atoms with Gasteiger partial charge in [0.25, 0.3) is 0 Å². The number of benzene rings is 24. The molecule has 0 saturated heterocycles. The fraction of sp³-hybridized carbons (Fsp3) is 0.0556. The van der Waals surface area contributed by atoms with Crippen molar-refractivity contribution in [2.24, 2.45) is 0 Å². The first-order valence-corrected chi connectivity index (χ1v) is 51.2. The van der Waals surface area contributed by atoms with Crippen LogP contribution in [-0.2, 0) is 21.7 Å². The fourth-order valence-corrected chi connectivity index (χ4v) is 25.7. The van der Waals surface area contributed by atoms with E-state index in [2.05, 4.69) is 583 Å². The van der Waals surface area contributed by atoms with Crippen molar-refractivity contribution >= 4 is 77.2 Å². The molecular formula is C144H102N2. The molecule has 0 aliphatic heterocycles. The molecule has 0 aromatic heterocycles. The van der Waals surface area contributed by atoms with Crippen LogP contribution in [0.2, 0.25) is 0 Å². The molecule has 0 heterocycles. The Morgan fingerprint density at radius 3 is 0.623 bits per heavy atom. The Kier molecular flexibility index (Phi) is 20.8. The molecule has 0 fully saturated rings. The minimum atomic E-state index is -0.553. The van der Waals surface area contributed by atoms with E-state index in [1.165, 1.54) is 210 Å². The van der Waals surface area contributed by atoms with Gasteiger partial charge in [0.15, 0.2) is 0 Å². The topological polar surface area (TPSA) is 6.48 Å².